The van der Waals surface area contributed by atoms with E-state index in [1.807, 2.05) is 36.9 Å². The minimum Gasteiger partial charge on any atom is -0.423 e. The summed E-state index contributed by atoms with van der Waals surface area (Å²) in [5, 5.41) is 0.952. The van der Waals surface area contributed by atoms with Crippen LogP contribution in [-0.4, -0.2) is 6.54 Å². The molecule has 1 aliphatic heterocycles. The molecule has 0 saturated carbocycles. The van der Waals surface area contributed by atoms with Crippen LogP contribution in [0.15, 0.2) is 85.7 Å². The first kappa shape index (κ1) is 20.7. The summed E-state index contributed by atoms with van der Waals surface area (Å²) in [5.74, 6) is 0. The van der Waals surface area contributed by atoms with Gasteiger partial charge >= 0.3 is 5.63 Å². The Bertz CT molecular complexity index is 1390. The number of rotatable bonds is 5. The SMILES string of the molecule is CCCCN1c2ccccc2Sc2cc(/C=C\c3cc(=O)oc4ccc(C)cc34)ccc21. The van der Waals surface area contributed by atoms with Crippen molar-refractivity contribution in [2.24, 2.45) is 0 Å². The number of para-hydroxylation sites is 1. The van der Waals surface area contributed by atoms with Crippen LogP contribution in [0.1, 0.15) is 36.5 Å². The minimum absolute atomic E-state index is 0.329. The first-order valence-electron chi connectivity index (χ1n) is 11.0. The molecule has 0 aliphatic carbocycles. The van der Waals surface area contributed by atoms with E-state index in [4.69, 9.17) is 4.42 Å². The van der Waals surface area contributed by atoms with Gasteiger partial charge in [-0.25, -0.2) is 4.79 Å². The zero-order valence-electron chi connectivity index (χ0n) is 18.3. The summed E-state index contributed by atoms with van der Waals surface area (Å²) in [6.45, 7) is 5.29. The average Bonchev–Trinajstić information content (AvgIpc) is 2.80. The highest BCUT2D eigenvalue weighted by atomic mass is 32.2. The standard InChI is InChI=1S/C28H25NO2S/c1-3-4-15-29-23-7-5-6-8-26(23)32-27-17-20(11-13-24(27)29)10-12-21-18-28(30)31-25-14-9-19(2)16-22(21)25/h5-14,16-18H,3-4,15H2,1-2H3/b12-10-. The van der Waals surface area contributed by atoms with E-state index in [1.54, 1.807) is 6.07 Å². The maximum Gasteiger partial charge on any atom is 0.336 e. The van der Waals surface area contributed by atoms with E-state index in [9.17, 15) is 4.79 Å². The maximum atomic E-state index is 12.0. The molecule has 0 fully saturated rings. The molecule has 1 aromatic heterocycles. The first-order valence-corrected chi connectivity index (χ1v) is 11.8. The predicted molar refractivity (Wildman–Crippen MR) is 135 cm³/mol. The van der Waals surface area contributed by atoms with Crippen LogP contribution in [0.5, 0.6) is 0 Å². The molecule has 0 N–H and O–H groups in total. The number of unbranched alkanes of at least 4 members (excludes halogenated alkanes) is 1. The Morgan fingerprint density at radius 2 is 1.78 bits per heavy atom. The van der Waals surface area contributed by atoms with E-state index in [1.165, 1.54) is 27.6 Å². The molecule has 2 heterocycles. The second kappa shape index (κ2) is 8.71. The van der Waals surface area contributed by atoms with Gasteiger partial charge in [-0.15, -0.1) is 0 Å². The Kier molecular flexibility index (Phi) is 5.62. The van der Waals surface area contributed by atoms with Crippen LogP contribution in [0.4, 0.5) is 11.4 Å². The normalized spacial score (nSPS) is 12.9. The Balaban J connectivity index is 1.52. The zero-order chi connectivity index (χ0) is 22.1. The van der Waals surface area contributed by atoms with Gasteiger partial charge in [-0.1, -0.05) is 67.1 Å². The lowest BCUT2D eigenvalue weighted by molar-refractivity contribution is 0.560. The first-order chi connectivity index (χ1) is 15.6. The van der Waals surface area contributed by atoms with Crippen molar-refractivity contribution >= 4 is 46.3 Å². The monoisotopic (exact) mass is 439 g/mol. The van der Waals surface area contributed by atoms with Gasteiger partial charge in [0.05, 0.1) is 11.4 Å². The lowest BCUT2D eigenvalue weighted by Crippen LogP contribution is -2.21. The largest absolute Gasteiger partial charge is 0.423 e. The summed E-state index contributed by atoms with van der Waals surface area (Å²) in [7, 11) is 0. The molecular weight excluding hydrogens is 414 g/mol. The van der Waals surface area contributed by atoms with Crippen molar-refractivity contribution in [2.45, 2.75) is 36.5 Å². The van der Waals surface area contributed by atoms with Crippen LogP contribution >= 0.6 is 11.8 Å². The van der Waals surface area contributed by atoms with Gasteiger partial charge in [0.1, 0.15) is 5.58 Å². The summed E-state index contributed by atoms with van der Waals surface area (Å²) < 4.78 is 5.36. The van der Waals surface area contributed by atoms with Crippen LogP contribution in [-0.2, 0) is 0 Å². The topological polar surface area (TPSA) is 33.5 Å². The molecule has 5 rings (SSSR count). The van der Waals surface area contributed by atoms with Crippen LogP contribution in [0.25, 0.3) is 23.1 Å². The van der Waals surface area contributed by atoms with Gasteiger partial charge in [-0.3, -0.25) is 0 Å². The molecule has 0 unspecified atom stereocenters. The molecule has 160 valence electrons. The van der Waals surface area contributed by atoms with E-state index in [0.717, 1.165) is 35.0 Å². The van der Waals surface area contributed by atoms with Crippen molar-refractivity contribution in [1.82, 2.24) is 0 Å². The summed E-state index contributed by atoms with van der Waals surface area (Å²) in [6.07, 6.45) is 6.41. The Morgan fingerprint density at radius 3 is 2.66 bits per heavy atom. The van der Waals surface area contributed by atoms with Crippen LogP contribution in [0, 0.1) is 6.92 Å². The van der Waals surface area contributed by atoms with Gasteiger partial charge in [0.15, 0.2) is 0 Å². The van der Waals surface area contributed by atoms with E-state index in [2.05, 4.69) is 66.4 Å². The minimum atomic E-state index is -0.329. The molecule has 4 heteroatoms. The molecule has 32 heavy (non-hydrogen) atoms. The third-order valence-corrected chi connectivity index (χ3v) is 6.88. The fraction of sp³-hybridized carbons (Fsp3) is 0.179. The molecule has 0 bridgehead atoms. The number of hydrogen-bond acceptors (Lipinski definition) is 4. The van der Waals surface area contributed by atoms with Gasteiger partial charge in [0, 0.05) is 27.8 Å². The maximum absolute atomic E-state index is 12.0. The van der Waals surface area contributed by atoms with E-state index in [0.29, 0.717) is 5.58 Å². The van der Waals surface area contributed by atoms with Gasteiger partial charge in [-0.2, -0.15) is 0 Å². The fourth-order valence-corrected chi connectivity index (χ4v) is 5.28. The third-order valence-electron chi connectivity index (χ3n) is 5.77. The van der Waals surface area contributed by atoms with E-state index >= 15 is 0 Å². The number of fused-ring (bicyclic) bond motifs is 3. The molecule has 4 aromatic rings. The highest BCUT2D eigenvalue weighted by Crippen LogP contribution is 2.48. The molecule has 0 atom stereocenters. The predicted octanol–water partition coefficient (Wildman–Crippen LogP) is 7.67. The van der Waals surface area contributed by atoms with E-state index < -0.39 is 0 Å². The summed E-state index contributed by atoms with van der Waals surface area (Å²) in [5.41, 5.74) is 5.97. The second-order valence-corrected chi connectivity index (χ2v) is 9.24. The van der Waals surface area contributed by atoms with Crippen LogP contribution in [0.2, 0.25) is 0 Å². The summed E-state index contributed by atoms with van der Waals surface area (Å²) in [4.78, 5) is 17.0. The second-order valence-electron chi connectivity index (χ2n) is 8.16. The van der Waals surface area contributed by atoms with Crippen LogP contribution in [0.3, 0.4) is 0 Å². The molecule has 0 radical (unpaired) electrons. The van der Waals surface area contributed by atoms with Crippen molar-refractivity contribution in [2.75, 3.05) is 11.4 Å². The summed E-state index contributed by atoms with van der Waals surface area (Å²) >= 11 is 1.82. The lowest BCUT2D eigenvalue weighted by atomic mass is 10.1. The van der Waals surface area contributed by atoms with E-state index in [-0.39, 0.29) is 5.63 Å². The molecular formula is C28H25NO2S. The number of hydrogen-bond donors (Lipinski definition) is 0. The number of aryl methyl sites for hydroxylation is 1. The quantitative estimate of drug-likeness (QED) is 0.299. The van der Waals surface area contributed by atoms with Crippen molar-refractivity contribution in [3.63, 3.8) is 0 Å². The lowest BCUT2D eigenvalue weighted by Gasteiger charge is -2.33. The molecule has 0 spiro atoms. The summed E-state index contributed by atoms with van der Waals surface area (Å²) in [6, 6.07) is 22.7. The number of nitrogens with zero attached hydrogens (tertiary/aromatic N) is 1. The van der Waals surface area contributed by atoms with Crippen molar-refractivity contribution < 1.29 is 4.42 Å². The Labute approximate surface area is 192 Å². The highest BCUT2D eigenvalue weighted by Gasteiger charge is 2.22. The van der Waals surface area contributed by atoms with Gasteiger partial charge in [-0.05, 0) is 60.9 Å². The molecule has 1 aliphatic rings. The zero-order valence-corrected chi connectivity index (χ0v) is 19.1. The van der Waals surface area contributed by atoms with Crippen molar-refractivity contribution in [1.29, 1.82) is 0 Å². The molecule has 0 saturated heterocycles. The van der Waals surface area contributed by atoms with Gasteiger partial charge in [0.25, 0.3) is 0 Å². The smallest absolute Gasteiger partial charge is 0.336 e. The van der Waals surface area contributed by atoms with Gasteiger partial charge in [0.2, 0.25) is 0 Å². The number of benzene rings is 3. The van der Waals surface area contributed by atoms with Crippen molar-refractivity contribution in [3.8, 4) is 0 Å². The average molecular weight is 440 g/mol. The number of anilines is 2. The van der Waals surface area contributed by atoms with Crippen molar-refractivity contribution in [3.05, 3.63) is 93.8 Å². The third kappa shape index (κ3) is 3.98. The van der Waals surface area contributed by atoms with Crippen LogP contribution < -0.4 is 10.5 Å². The Hall–Kier alpha value is -3.24. The molecule has 3 aromatic carbocycles. The molecule has 3 nitrogen and oxygen atoms in total. The van der Waals surface area contributed by atoms with Gasteiger partial charge < -0.3 is 9.32 Å². The Morgan fingerprint density at radius 1 is 0.938 bits per heavy atom. The fourth-order valence-electron chi connectivity index (χ4n) is 4.14. The highest BCUT2D eigenvalue weighted by molar-refractivity contribution is 7.99. The molecule has 0 amide bonds.